The molecule has 0 saturated heterocycles. The van der Waals surface area contributed by atoms with Gasteiger partial charge in [0.25, 0.3) is 0 Å². The minimum absolute atomic E-state index is 0.246. The van der Waals surface area contributed by atoms with Gasteiger partial charge in [-0.3, -0.25) is 0 Å². The Morgan fingerprint density at radius 2 is 1.75 bits per heavy atom. The molecule has 1 aromatic heterocycles. The van der Waals surface area contributed by atoms with Crippen molar-refractivity contribution in [2.24, 2.45) is 0 Å². The molecule has 2 aliphatic rings. The third-order valence-corrected chi connectivity index (χ3v) is 8.36. The topological polar surface area (TPSA) is 16.4 Å². The maximum absolute atomic E-state index is 6.50. The first-order valence-electron chi connectivity index (χ1n) is 10.0. The van der Waals surface area contributed by atoms with Gasteiger partial charge in [0.1, 0.15) is 0 Å². The minimum atomic E-state index is 0.246. The van der Waals surface area contributed by atoms with Crippen LogP contribution < -0.4 is 13.8 Å². The first-order chi connectivity index (χ1) is 13.8. The fraction of sp³-hybridized carbons (Fsp3) is 0.200. The fourth-order valence-corrected chi connectivity index (χ4v) is 6.93. The van der Waals surface area contributed by atoms with Crippen molar-refractivity contribution in [3.05, 3.63) is 77.4 Å². The molecule has 0 atom stereocenters. The van der Waals surface area contributed by atoms with E-state index in [4.69, 9.17) is 4.42 Å². The van der Waals surface area contributed by atoms with E-state index in [2.05, 4.69) is 72.5 Å². The summed E-state index contributed by atoms with van der Waals surface area (Å²) in [5.74, 6) is 1.03. The van der Waals surface area contributed by atoms with E-state index < -0.39 is 0 Å². The van der Waals surface area contributed by atoms with Gasteiger partial charge in [-0.05, 0) is 0 Å². The summed E-state index contributed by atoms with van der Waals surface area (Å²) in [6.45, 7) is 2.16. The van der Waals surface area contributed by atoms with E-state index in [1.165, 1.54) is 61.6 Å². The molecule has 0 fully saturated rings. The van der Waals surface area contributed by atoms with E-state index in [0.717, 1.165) is 17.9 Å². The normalized spacial score (nSPS) is 15.2. The Morgan fingerprint density at radius 1 is 0.893 bits per heavy atom. The third-order valence-electron chi connectivity index (χ3n) is 5.91. The molecular formula is C25H21NOSe. The third kappa shape index (κ3) is 2.40. The summed E-state index contributed by atoms with van der Waals surface area (Å²) in [4.78, 5) is 2.40. The van der Waals surface area contributed by atoms with Crippen molar-refractivity contribution >= 4 is 52.1 Å². The predicted octanol–water partition coefficient (Wildman–Crippen LogP) is 5.06. The Bertz CT molecular complexity index is 1220. The van der Waals surface area contributed by atoms with Crippen LogP contribution in [-0.2, 0) is 12.8 Å². The Labute approximate surface area is 171 Å². The van der Waals surface area contributed by atoms with Gasteiger partial charge in [0.2, 0.25) is 0 Å². The molecule has 3 aromatic carbocycles. The van der Waals surface area contributed by atoms with Crippen molar-refractivity contribution < 1.29 is 4.42 Å². The molecule has 28 heavy (non-hydrogen) atoms. The number of para-hydroxylation sites is 1. The van der Waals surface area contributed by atoms with Gasteiger partial charge in [-0.2, -0.15) is 0 Å². The number of rotatable bonds is 1. The molecule has 0 radical (unpaired) electrons. The second-order valence-electron chi connectivity index (χ2n) is 7.76. The summed E-state index contributed by atoms with van der Waals surface area (Å²) < 4.78 is 9.31. The zero-order valence-electron chi connectivity index (χ0n) is 15.9. The van der Waals surface area contributed by atoms with Crippen LogP contribution in [-0.4, -0.2) is 15.0 Å². The van der Waals surface area contributed by atoms with Gasteiger partial charge in [0, 0.05) is 0 Å². The molecule has 1 aliphatic heterocycles. The fourth-order valence-electron chi connectivity index (χ4n) is 4.58. The molecule has 1 aliphatic carbocycles. The van der Waals surface area contributed by atoms with Gasteiger partial charge in [-0.1, -0.05) is 0 Å². The van der Waals surface area contributed by atoms with Crippen LogP contribution in [0.3, 0.4) is 0 Å². The van der Waals surface area contributed by atoms with Gasteiger partial charge in [0.05, 0.1) is 0 Å². The van der Waals surface area contributed by atoms with Gasteiger partial charge >= 0.3 is 171 Å². The SMILES string of the molecule is Cc1ccc2oc3c(c2c1)[Se]c1ccccc1N3c1cccc2c1CCCC2. The van der Waals surface area contributed by atoms with E-state index in [1.54, 1.807) is 0 Å². The van der Waals surface area contributed by atoms with E-state index >= 15 is 0 Å². The first-order valence-corrected chi connectivity index (χ1v) is 11.7. The summed E-state index contributed by atoms with van der Waals surface area (Å²) in [6.07, 6.45) is 4.92. The Hall–Kier alpha value is -2.48. The molecule has 4 aromatic rings. The van der Waals surface area contributed by atoms with Crippen LogP contribution in [0.15, 0.2) is 65.1 Å². The molecule has 2 heterocycles. The summed E-state index contributed by atoms with van der Waals surface area (Å²) in [5.41, 5.74) is 7.88. The van der Waals surface area contributed by atoms with Crippen LogP contribution in [0.4, 0.5) is 17.3 Å². The van der Waals surface area contributed by atoms with Crippen molar-refractivity contribution in [3.63, 3.8) is 0 Å². The monoisotopic (exact) mass is 431 g/mol. The van der Waals surface area contributed by atoms with Gasteiger partial charge in [-0.15, -0.1) is 0 Å². The van der Waals surface area contributed by atoms with Gasteiger partial charge in [0.15, 0.2) is 0 Å². The van der Waals surface area contributed by atoms with Crippen molar-refractivity contribution in [3.8, 4) is 0 Å². The molecule has 0 N–H and O–H groups in total. The van der Waals surface area contributed by atoms with Crippen LogP contribution in [0.2, 0.25) is 0 Å². The zero-order chi connectivity index (χ0) is 18.7. The van der Waals surface area contributed by atoms with Crippen molar-refractivity contribution in [2.45, 2.75) is 32.6 Å². The van der Waals surface area contributed by atoms with Crippen LogP contribution in [0, 0.1) is 6.92 Å². The van der Waals surface area contributed by atoms with Crippen LogP contribution in [0.1, 0.15) is 29.5 Å². The van der Waals surface area contributed by atoms with Crippen LogP contribution in [0.25, 0.3) is 11.0 Å². The second-order valence-corrected chi connectivity index (χ2v) is 9.97. The quantitative estimate of drug-likeness (QED) is 0.346. The maximum atomic E-state index is 6.50. The predicted molar refractivity (Wildman–Crippen MR) is 117 cm³/mol. The molecule has 138 valence electrons. The number of aryl methyl sites for hydroxylation is 2. The Morgan fingerprint density at radius 3 is 2.71 bits per heavy atom. The number of anilines is 3. The van der Waals surface area contributed by atoms with E-state index in [1.807, 2.05) is 0 Å². The summed E-state index contributed by atoms with van der Waals surface area (Å²) in [6, 6.07) is 22.2. The molecule has 0 unspecified atom stereocenters. The number of furan rings is 1. The van der Waals surface area contributed by atoms with Crippen molar-refractivity contribution in [1.29, 1.82) is 0 Å². The molecule has 6 rings (SSSR count). The average Bonchev–Trinajstić information content (AvgIpc) is 3.09. The molecule has 3 heteroatoms. The number of fused-ring (bicyclic) bond motifs is 5. The first kappa shape index (κ1) is 16.5. The second kappa shape index (κ2) is 6.27. The van der Waals surface area contributed by atoms with Crippen molar-refractivity contribution in [2.75, 3.05) is 4.90 Å². The number of benzene rings is 3. The van der Waals surface area contributed by atoms with Crippen LogP contribution in [0.5, 0.6) is 0 Å². The molecule has 0 bridgehead atoms. The Balaban J connectivity index is 1.66. The van der Waals surface area contributed by atoms with Gasteiger partial charge in [-0.25, -0.2) is 0 Å². The molecule has 0 amide bonds. The van der Waals surface area contributed by atoms with E-state index in [0.29, 0.717) is 0 Å². The average molecular weight is 430 g/mol. The summed E-state index contributed by atoms with van der Waals surface area (Å²) >= 11 is 0.246. The number of hydrogen-bond donors (Lipinski definition) is 0. The molecule has 0 saturated carbocycles. The Kier molecular flexibility index (Phi) is 3.69. The van der Waals surface area contributed by atoms with E-state index in [9.17, 15) is 0 Å². The molecule has 2 nitrogen and oxygen atoms in total. The summed E-state index contributed by atoms with van der Waals surface area (Å²) in [5, 5.41) is 1.28. The molecular weight excluding hydrogens is 409 g/mol. The van der Waals surface area contributed by atoms with Crippen molar-refractivity contribution in [1.82, 2.24) is 0 Å². The molecule has 0 spiro atoms. The standard InChI is InChI=1S/C25H21NOSe/c1-16-13-14-22-19(15-16)24-25(27-22)26(21-10-4-5-12-23(21)28-24)20-11-6-8-17-7-2-3-9-18(17)20/h4-6,8,10-15H,2-3,7,9H2,1H3. The number of hydrogen-bond acceptors (Lipinski definition) is 2. The summed E-state index contributed by atoms with van der Waals surface area (Å²) in [7, 11) is 0. The zero-order valence-corrected chi connectivity index (χ0v) is 17.6. The van der Waals surface area contributed by atoms with Crippen LogP contribution >= 0.6 is 0 Å². The van der Waals surface area contributed by atoms with E-state index in [-0.39, 0.29) is 15.0 Å². The van der Waals surface area contributed by atoms with Gasteiger partial charge < -0.3 is 0 Å². The number of nitrogens with zero attached hydrogens (tertiary/aromatic N) is 1.